The van der Waals surface area contributed by atoms with Crippen molar-refractivity contribution in [1.82, 2.24) is 34.3 Å². The van der Waals surface area contributed by atoms with Crippen LogP contribution in [0, 0.1) is 0 Å². The largest absolute Gasteiger partial charge is 0.345 e. The number of pyridine rings is 2. The maximum Gasteiger partial charge on any atom is 0.155 e. The second-order valence-corrected chi connectivity index (χ2v) is 5.67. The van der Waals surface area contributed by atoms with Gasteiger partial charge in [-0.15, -0.1) is 0 Å². The molecule has 0 amide bonds. The standard InChI is InChI=1S/C17H13N7/c1-23-8-12(6-21-23)13-4-5-18-17-16(13)14(7-19-17)11-2-3-15-20-10-22-24(15)9-11/h2-10H,1H3,(H,18,19). The van der Waals surface area contributed by atoms with E-state index in [0.29, 0.717) is 0 Å². The number of H-pyrrole nitrogens is 1. The summed E-state index contributed by atoms with van der Waals surface area (Å²) in [4.78, 5) is 11.9. The fraction of sp³-hybridized carbons (Fsp3) is 0.0588. The van der Waals surface area contributed by atoms with E-state index in [0.717, 1.165) is 38.9 Å². The SMILES string of the molecule is Cn1cc(-c2ccnc3[nH]cc(-c4ccc5ncnn5c4)c23)cn1. The lowest BCUT2D eigenvalue weighted by atomic mass is 10.0. The Kier molecular flexibility index (Phi) is 2.58. The maximum atomic E-state index is 4.46. The van der Waals surface area contributed by atoms with Gasteiger partial charge in [-0.1, -0.05) is 0 Å². The molecule has 0 fully saturated rings. The van der Waals surface area contributed by atoms with E-state index in [1.807, 2.05) is 56.2 Å². The summed E-state index contributed by atoms with van der Waals surface area (Å²) in [5.41, 5.74) is 5.97. The number of aromatic amines is 1. The Balaban J connectivity index is 1.79. The fourth-order valence-corrected chi connectivity index (χ4v) is 3.06. The van der Waals surface area contributed by atoms with Crippen molar-refractivity contribution in [3.05, 3.63) is 55.5 Å². The molecule has 0 bridgehead atoms. The van der Waals surface area contributed by atoms with E-state index in [1.54, 1.807) is 15.5 Å². The van der Waals surface area contributed by atoms with Crippen LogP contribution in [0.5, 0.6) is 0 Å². The van der Waals surface area contributed by atoms with Gasteiger partial charge in [0.15, 0.2) is 5.65 Å². The van der Waals surface area contributed by atoms with Crippen molar-refractivity contribution in [2.75, 3.05) is 0 Å². The molecule has 0 aromatic carbocycles. The van der Waals surface area contributed by atoms with Crippen LogP contribution < -0.4 is 0 Å². The number of aryl methyl sites for hydroxylation is 1. The summed E-state index contributed by atoms with van der Waals surface area (Å²) in [6.45, 7) is 0. The summed E-state index contributed by atoms with van der Waals surface area (Å²) in [5.74, 6) is 0. The van der Waals surface area contributed by atoms with Crippen LogP contribution in [0.15, 0.2) is 55.5 Å². The number of nitrogens with one attached hydrogen (secondary N) is 1. The smallest absolute Gasteiger partial charge is 0.155 e. The molecule has 0 saturated carbocycles. The molecule has 1 N–H and O–H groups in total. The average molecular weight is 315 g/mol. The molecule has 5 aromatic heterocycles. The first-order valence-electron chi connectivity index (χ1n) is 7.54. The third-order valence-corrected chi connectivity index (χ3v) is 4.17. The molecule has 5 rings (SSSR count). The summed E-state index contributed by atoms with van der Waals surface area (Å²) < 4.78 is 3.57. The number of rotatable bonds is 2. The van der Waals surface area contributed by atoms with Crippen molar-refractivity contribution in [3.8, 4) is 22.3 Å². The van der Waals surface area contributed by atoms with E-state index in [-0.39, 0.29) is 0 Å². The van der Waals surface area contributed by atoms with Gasteiger partial charge in [-0.2, -0.15) is 10.2 Å². The topological polar surface area (TPSA) is 76.7 Å². The van der Waals surface area contributed by atoms with E-state index in [1.165, 1.54) is 0 Å². The summed E-state index contributed by atoms with van der Waals surface area (Å²) in [6.07, 6.45) is 11.2. The van der Waals surface area contributed by atoms with Crippen molar-refractivity contribution in [1.29, 1.82) is 0 Å². The van der Waals surface area contributed by atoms with Crippen LogP contribution in [0.1, 0.15) is 0 Å². The first-order chi connectivity index (χ1) is 11.8. The summed E-state index contributed by atoms with van der Waals surface area (Å²) in [5, 5.41) is 9.58. The fourth-order valence-electron chi connectivity index (χ4n) is 3.06. The highest BCUT2D eigenvalue weighted by atomic mass is 15.3. The third-order valence-electron chi connectivity index (χ3n) is 4.17. The van der Waals surface area contributed by atoms with E-state index < -0.39 is 0 Å². The van der Waals surface area contributed by atoms with Crippen molar-refractivity contribution in [2.45, 2.75) is 0 Å². The van der Waals surface area contributed by atoms with Crippen molar-refractivity contribution in [2.24, 2.45) is 7.05 Å². The van der Waals surface area contributed by atoms with E-state index in [2.05, 4.69) is 25.1 Å². The zero-order valence-corrected chi connectivity index (χ0v) is 12.9. The second kappa shape index (κ2) is 4.76. The minimum absolute atomic E-state index is 0.823. The van der Waals surface area contributed by atoms with Gasteiger partial charge in [0.25, 0.3) is 0 Å². The predicted molar refractivity (Wildman–Crippen MR) is 90.3 cm³/mol. The van der Waals surface area contributed by atoms with E-state index in [4.69, 9.17) is 0 Å². The van der Waals surface area contributed by atoms with Gasteiger partial charge in [0.2, 0.25) is 0 Å². The molecule has 0 unspecified atom stereocenters. The highest BCUT2D eigenvalue weighted by Gasteiger charge is 2.14. The summed E-state index contributed by atoms with van der Waals surface area (Å²) in [6, 6.07) is 6.03. The first kappa shape index (κ1) is 13.0. The molecule has 0 aliphatic rings. The van der Waals surface area contributed by atoms with Gasteiger partial charge in [0, 0.05) is 53.9 Å². The Bertz CT molecular complexity index is 1180. The van der Waals surface area contributed by atoms with Gasteiger partial charge in [0.05, 0.1) is 6.20 Å². The van der Waals surface area contributed by atoms with Crippen LogP contribution in [-0.2, 0) is 7.05 Å². The Morgan fingerprint density at radius 1 is 0.958 bits per heavy atom. The van der Waals surface area contributed by atoms with Crippen molar-refractivity contribution < 1.29 is 0 Å². The molecular formula is C17H13N7. The number of nitrogens with zero attached hydrogens (tertiary/aromatic N) is 6. The Hall–Kier alpha value is -3.48. The molecule has 0 atom stereocenters. The average Bonchev–Trinajstić information content (AvgIpc) is 3.32. The van der Waals surface area contributed by atoms with Gasteiger partial charge in [-0.05, 0) is 23.8 Å². The Morgan fingerprint density at radius 2 is 1.92 bits per heavy atom. The molecule has 0 aliphatic heterocycles. The van der Waals surface area contributed by atoms with Gasteiger partial charge < -0.3 is 4.98 Å². The van der Waals surface area contributed by atoms with Crippen LogP contribution in [0.4, 0.5) is 0 Å². The zero-order chi connectivity index (χ0) is 16.1. The number of hydrogen-bond acceptors (Lipinski definition) is 4. The molecule has 5 heterocycles. The Labute approximate surface area is 136 Å². The predicted octanol–water partition coefficient (Wildman–Crippen LogP) is 2.67. The maximum absolute atomic E-state index is 4.46. The number of aromatic nitrogens is 7. The molecule has 24 heavy (non-hydrogen) atoms. The van der Waals surface area contributed by atoms with Gasteiger partial charge in [-0.25, -0.2) is 14.5 Å². The monoisotopic (exact) mass is 315 g/mol. The minimum Gasteiger partial charge on any atom is -0.345 e. The first-order valence-corrected chi connectivity index (χ1v) is 7.54. The highest BCUT2D eigenvalue weighted by molar-refractivity contribution is 6.03. The molecule has 0 radical (unpaired) electrons. The molecule has 7 heteroatoms. The van der Waals surface area contributed by atoms with E-state index >= 15 is 0 Å². The van der Waals surface area contributed by atoms with Crippen molar-refractivity contribution in [3.63, 3.8) is 0 Å². The molecule has 5 aromatic rings. The van der Waals surface area contributed by atoms with Crippen molar-refractivity contribution >= 4 is 16.7 Å². The van der Waals surface area contributed by atoms with Crippen LogP contribution >= 0.6 is 0 Å². The highest BCUT2D eigenvalue weighted by Crippen LogP contribution is 2.35. The number of fused-ring (bicyclic) bond motifs is 2. The third kappa shape index (κ3) is 1.84. The summed E-state index contributed by atoms with van der Waals surface area (Å²) in [7, 11) is 1.92. The van der Waals surface area contributed by atoms with Crippen LogP contribution in [0.2, 0.25) is 0 Å². The minimum atomic E-state index is 0.823. The van der Waals surface area contributed by atoms with Crippen LogP contribution in [-0.4, -0.2) is 34.3 Å². The van der Waals surface area contributed by atoms with Gasteiger partial charge in [0.1, 0.15) is 12.0 Å². The van der Waals surface area contributed by atoms with Crippen LogP contribution in [0.3, 0.4) is 0 Å². The normalized spacial score (nSPS) is 11.5. The number of hydrogen-bond donors (Lipinski definition) is 1. The van der Waals surface area contributed by atoms with Crippen LogP contribution in [0.25, 0.3) is 38.9 Å². The van der Waals surface area contributed by atoms with Gasteiger partial charge in [-0.3, -0.25) is 4.68 Å². The molecule has 0 saturated heterocycles. The Morgan fingerprint density at radius 3 is 2.79 bits per heavy atom. The zero-order valence-electron chi connectivity index (χ0n) is 12.9. The van der Waals surface area contributed by atoms with E-state index in [9.17, 15) is 0 Å². The second-order valence-electron chi connectivity index (χ2n) is 5.67. The summed E-state index contributed by atoms with van der Waals surface area (Å²) >= 11 is 0. The lowest BCUT2D eigenvalue weighted by Crippen LogP contribution is -1.89. The lowest BCUT2D eigenvalue weighted by Gasteiger charge is -2.05. The molecule has 0 aliphatic carbocycles. The molecular weight excluding hydrogens is 302 g/mol. The molecule has 0 spiro atoms. The van der Waals surface area contributed by atoms with Gasteiger partial charge >= 0.3 is 0 Å². The lowest BCUT2D eigenvalue weighted by molar-refractivity contribution is 0.768. The molecule has 7 nitrogen and oxygen atoms in total. The molecule has 116 valence electrons. The quantitative estimate of drug-likeness (QED) is 0.543.